The summed E-state index contributed by atoms with van der Waals surface area (Å²) in [7, 11) is 0. The molecule has 0 spiro atoms. The zero-order chi connectivity index (χ0) is 16.8. The van der Waals surface area contributed by atoms with E-state index in [2.05, 4.69) is 10.2 Å². The van der Waals surface area contributed by atoms with Gasteiger partial charge in [-0.15, -0.1) is 10.2 Å². The van der Waals surface area contributed by atoms with E-state index in [9.17, 15) is 0 Å². The van der Waals surface area contributed by atoms with Gasteiger partial charge >= 0.3 is 0 Å². The van der Waals surface area contributed by atoms with Crippen molar-refractivity contribution in [2.45, 2.75) is 6.61 Å². The minimum atomic E-state index is -0.0225. The molecule has 0 aliphatic carbocycles. The molecule has 0 fully saturated rings. The lowest BCUT2D eigenvalue weighted by molar-refractivity contribution is 0.201. The third kappa shape index (κ3) is 4.24. The predicted octanol–water partition coefficient (Wildman–Crippen LogP) is 3.34. The first kappa shape index (κ1) is 16.3. The summed E-state index contributed by atoms with van der Waals surface area (Å²) in [5, 5.41) is 17.3. The lowest BCUT2D eigenvalue weighted by atomic mass is 10.2. The average Bonchev–Trinajstić information content (AvgIpc) is 3.09. The van der Waals surface area contributed by atoms with Gasteiger partial charge in [-0.1, -0.05) is 11.6 Å². The Morgan fingerprint density at radius 1 is 0.917 bits per heavy atom. The fraction of sp³-hybridized carbons (Fsp3) is 0.176. The first-order valence-electron chi connectivity index (χ1n) is 7.29. The predicted molar refractivity (Wildman–Crippen MR) is 88.1 cm³/mol. The molecule has 0 atom stereocenters. The summed E-state index contributed by atoms with van der Waals surface area (Å²) < 4.78 is 16.4. The second kappa shape index (κ2) is 7.81. The van der Waals surface area contributed by atoms with Crippen LogP contribution in [0.15, 0.2) is 52.9 Å². The number of aliphatic hydroxyl groups is 1. The quantitative estimate of drug-likeness (QED) is 0.707. The molecule has 0 saturated heterocycles. The molecule has 24 heavy (non-hydrogen) atoms. The molecule has 0 unspecified atom stereocenters. The van der Waals surface area contributed by atoms with E-state index in [-0.39, 0.29) is 19.8 Å². The van der Waals surface area contributed by atoms with Crippen LogP contribution in [0.1, 0.15) is 5.89 Å². The van der Waals surface area contributed by atoms with Crippen LogP contribution in [0.3, 0.4) is 0 Å². The number of aliphatic hydroxyl groups excluding tert-OH is 1. The molecule has 6 nitrogen and oxygen atoms in total. The van der Waals surface area contributed by atoms with E-state index in [0.29, 0.717) is 28.3 Å². The molecule has 0 radical (unpaired) electrons. The number of hydrogen-bond donors (Lipinski definition) is 1. The van der Waals surface area contributed by atoms with Gasteiger partial charge in [-0.3, -0.25) is 0 Å². The normalized spacial score (nSPS) is 10.6. The number of ether oxygens (including phenoxy) is 2. The Morgan fingerprint density at radius 3 is 2.25 bits per heavy atom. The van der Waals surface area contributed by atoms with Gasteiger partial charge in [-0.2, -0.15) is 0 Å². The summed E-state index contributed by atoms with van der Waals surface area (Å²) >= 11 is 5.85. The van der Waals surface area contributed by atoms with E-state index >= 15 is 0 Å². The van der Waals surface area contributed by atoms with Crippen LogP contribution >= 0.6 is 11.6 Å². The fourth-order valence-electron chi connectivity index (χ4n) is 1.96. The maximum absolute atomic E-state index is 8.71. The molecule has 124 valence electrons. The van der Waals surface area contributed by atoms with Crippen LogP contribution in [0.25, 0.3) is 11.5 Å². The van der Waals surface area contributed by atoms with Gasteiger partial charge in [0.25, 0.3) is 5.89 Å². The van der Waals surface area contributed by atoms with Crippen LogP contribution in [0, 0.1) is 0 Å². The Hall–Kier alpha value is -2.57. The highest BCUT2D eigenvalue weighted by Crippen LogP contribution is 2.22. The third-order valence-corrected chi connectivity index (χ3v) is 3.36. The summed E-state index contributed by atoms with van der Waals surface area (Å²) in [4.78, 5) is 0. The highest BCUT2D eigenvalue weighted by Gasteiger charge is 2.09. The minimum absolute atomic E-state index is 0.0225. The molecule has 0 amide bonds. The summed E-state index contributed by atoms with van der Waals surface area (Å²) in [6, 6.07) is 14.2. The maximum atomic E-state index is 8.71. The van der Waals surface area contributed by atoms with Crippen molar-refractivity contribution >= 4 is 11.6 Å². The first-order chi connectivity index (χ1) is 11.7. The van der Waals surface area contributed by atoms with Gasteiger partial charge in [0.1, 0.15) is 18.1 Å². The van der Waals surface area contributed by atoms with Crippen molar-refractivity contribution in [1.82, 2.24) is 10.2 Å². The zero-order valence-electron chi connectivity index (χ0n) is 12.7. The Balaban J connectivity index is 1.58. The number of aromatic nitrogens is 2. The molecular weight excluding hydrogens is 332 g/mol. The van der Waals surface area contributed by atoms with E-state index in [0.717, 1.165) is 5.56 Å². The van der Waals surface area contributed by atoms with Crippen molar-refractivity contribution in [1.29, 1.82) is 0 Å². The smallest absolute Gasteiger partial charge is 0.254 e. The summed E-state index contributed by atoms with van der Waals surface area (Å²) in [5.41, 5.74) is 0.795. The lowest BCUT2D eigenvalue weighted by Gasteiger charge is -2.06. The van der Waals surface area contributed by atoms with Crippen molar-refractivity contribution in [3.05, 3.63) is 59.4 Å². The lowest BCUT2D eigenvalue weighted by Crippen LogP contribution is -2.01. The van der Waals surface area contributed by atoms with Crippen LogP contribution < -0.4 is 9.47 Å². The Labute approximate surface area is 143 Å². The second-order valence-corrected chi connectivity index (χ2v) is 5.28. The van der Waals surface area contributed by atoms with Crippen molar-refractivity contribution in [3.8, 4) is 23.0 Å². The van der Waals surface area contributed by atoms with Crippen molar-refractivity contribution in [3.63, 3.8) is 0 Å². The van der Waals surface area contributed by atoms with Gasteiger partial charge in [-0.05, 0) is 48.5 Å². The SMILES string of the molecule is OCCOc1ccc(OCc2nnc(-c3ccc(Cl)cc3)o2)cc1. The minimum Gasteiger partial charge on any atom is -0.491 e. The molecule has 1 heterocycles. The van der Waals surface area contributed by atoms with Crippen molar-refractivity contribution < 1.29 is 19.0 Å². The van der Waals surface area contributed by atoms with Gasteiger partial charge in [0, 0.05) is 10.6 Å². The largest absolute Gasteiger partial charge is 0.491 e. The van der Waals surface area contributed by atoms with Gasteiger partial charge in [0.15, 0.2) is 6.61 Å². The number of rotatable bonds is 7. The van der Waals surface area contributed by atoms with Crippen molar-refractivity contribution in [2.75, 3.05) is 13.2 Å². The highest BCUT2D eigenvalue weighted by molar-refractivity contribution is 6.30. The van der Waals surface area contributed by atoms with E-state index in [4.69, 9.17) is 30.6 Å². The van der Waals surface area contributed by atoms with Crippen LogP contribution in [0.2, 0.25) is 5.02 Å². The molecule has 0 saturated carbocycles. The zero-order valence-corrected chi connectivity index (χ0v) is 13.4. The summed E-state index contributed by atoms with van der Waals surface area (Å²) in [6.07, 6.45) is 0. The van der Waals surface area contributed by atoms with Crippen LogP contribution in [-0.4, -0.2) is 28.5 Å². The topological polar surface area (TPSA) is 77.6 Å². The van der Waals surface area contributed by atoms with E-state index in [1.807, 2.05) is 12.1 Å². The van der Waals surface area contributed by atoms with Gasteiger partial charge in [-0.25, -0.2) is 0 Å². The third-order valence-electron chi connectivity index (χ3n) is 3.10. The number of benzene rings is 2. The van der Waals surface area contributed by atoms with Crippen LogP contribution in [-0.2, 0) is 6.61 Å². The van der Waals surface area contributed by atoms with Crippen molar-refractivity contribution in [2.24, 2.45) is 0 Å². The summed E-state index contributed by atoms with van der Waals surface area (Å²) in [6.45, 7) is 0.401. The second-order valence-electron chi connectivity index (χ2n) is 4.84. The molecule has 2 aromatic carbocycles. The monoisotopic (exact) mass is 346 g/mol. The average molecular weight is 347 g/mol. The highest BCUT2D eigenvalue weighted by atomic mass is 35.5. The molecule has 1 N–H and O–H groups in total. The Bertz CT molecular complexity index is 772. The fourth-order valence-corrected chi connectivity index (χ4v) is 2.09. The van der Waals surface area contributed by atoms with Gasteiger partial charge in [0.05, 0.1) is 6.61 Å². The molecule has 0 bridgehead atoms. The number of hydrogen-bond acceptors (Lipinski definition) is 6. The Morgan fingerprint density at radius 2 is 1.58 bits per heavy atom. The molecule has 3 rings (SSSR count). The molecule has 1 aromatic heterocycles. The maximum Gasteiger partial charge on any atom is 0.254 e. The van der Waals surface area contributed by atoms with Gasteiger partial charge in [0.2, 0.25) is 5.89 Å². The summed E-state index contributed by atoms with van der Waals surface area (Å²) in [5.74, 6) is 2.11. The standard InChI is InChI=1S/C17H15ClN2O4/c18-13-3-1-12(2-4-13)17-20-19-16(24-17)11-23-15-7-5-14(6-8-15)22-10-9-21/h1-8,21H,9-11H2. The van der Waals surface area contributed by atoms with E-state index in [1.54, 1.807) is 36.4 Å². The molecular formula is C17H15ClN2O4. The van der Waals surface area contributed by atoms with Gasteiger partial charge < -0.3 is 19.0 Å². The van der Waals surface area contributed by atoms with Crippen LogP contribution in [0.5, 0.6) is 11.5 Å². The Kier molecular flexibility index (Phi) is 5.30. The van der Waals surface area contributed by atoms with E-state index < -0.39 is 0 Å². The van der Waals surface area contributed by atoms with E-state index in [1.165, 1.54) is 0 Å². The number of nitrogens with zero attached hydrogens (tertiary/aromatic N) is 2. The molecule has 0 aliphatic heterocycles. The molecule has 3 aromatic rings. The first-order valence-corrected chi connectivity index (χ1v) is 7.67. The molecule has 7 heteroatoms. The number of halogens is 1. The van der Waals surface area contributed by atoms with Crippen LogP contribution in [0.4, 0.5) is 0 Å². The molecule has 0 aliphatic rings.